The molecule has 0 radical (unpaired) electrons. The number of amides is 2. The Bertz CT molecular complexity index is 876. The number of thiophene rings is 1. The lowest BCUT2D eigenvalue weighted by Gasteiger charge is -2.33. The number of halogens is 3. The average Bonchev–Trinajstić information content (AvgIpc) is 3.16. The number of aryl methyl sites for hydroxylation is 1. The van der Waals surface area contributed by atoms with E-state index in [0.717, 1.165) is 42.5 Å². The van der Waals surface area contributed by atoms with E-state index in [2.05, 4.69) is 5.32 Å². The Balaban J connectivity index is 1.90. The van der Waals surface area contributed by atoms with E-state index in [4.69, 9.17) is 0 Å². The molecule has 0 bridgehead atoms. The van der Waals surface area contributed by atoms with Gasteiger partial charge in [0, 0.05) is 22.3 Å². The molecule has 1 fully saturated rings. The van der Waals surface area contributed by atoms with Crippen LogP contribution >= 0.6 is 11.3 Å². The molecule has 168 valence electrons. The van der Waals surface area contributed by atoms with Crippen LogP contribution in [-0.2, 0) is 16.0 Å². The van der Waals surface area contributed by atoms with E-state index in [-0.39, 0.29) is 19.0 Å². The van der Waals surface area contributed by atoms with Crippen molar-refractivity contribution in [1.82, 2.24) is 10.2 Å². The SMILES string of the molecule is Cc1ccc(C(C(=O)NC2CCCCC2)N(CCc2ccccc2)C(=O)C(F)(F)F)s1. The third-order valence-corrected chi connectivity index (χ3v) is 6.58. The Kier molecular flexibility index (Phi) is 7.75. The number of nitrogens with one attached hydrogen (secondary N) is 1. The van der Waals surface area contributed by atoms with E-state index in [0.29, 0.717) is 9.78 Å². The molecule has 1 saturated carbocycles. The Morgan fingerprint density at radius 3 is 2.35 bits per heavy atom. The topological polar surface area (TPSA) is 49.4 Å². The van der Waals surface area contributed by atoms with Gasteiger partial charge in [0.25, 0.3) is 0 Å². The Morgan fingerprint density at radius 2 is 1.77 bits per heavy atom. The van der Waals surface area contributed by atoms with Crippen LogP contribution in [0.5, 0.6) is 0 Å². The van der Waals surface area contributed by atoms with E-state index in [1.165, 1.54) is 11.3 Å². The number of alkyl halides is 3. The second-order valence-electron chi connectivity index (χ2n) is 7.93. The maximum atomic E-state index is 13.5. The molecule has 1 N–H and O–H groups in total. The fourth-order valence-corrected chi connectivity index (χ4v) is 4.95. The zero-order valence-corrected chi connectivity index (χ0v) is 18.3. The van der Waals surface area contributed by atoms with Gasteiger partial charge in [-0.1, -0.05) is 49.6 Å². The van der Waals surface area contributed by atoms with Crippen molar-refractivity contribution in [2.45, 2.75) is 63.7 Å². The predicted molar refractivity (Wildman–Crippen MR) is 115 cm³/mol. The monoisotopic (exact) mass is 452 g/mol. The largest absolute Gasteiger partial charge is 0.471 e. The number of rotatable bonds is 7. The summed E-state index contributed by atoms with van der Waals surface area (Å²) in [5.41, 5.74) is 0.802. The van der Waals surface area contributed by atoms with Crippen molar-refractivity contribution in [3.63, 3.8) is 0 Å². The summed E-state index contributed by atoms with van der Waals surface area (Å²) in [6, 6.07) is 11.0. The second-order valence-corrected chi connectivity index (χ2v) is 9.25. The van der Waals surface area contributed by atoms with Gasteiger partial charge in [0.05, 0.1) is 0 Å². The van der Waals surface area contributed by atoms with E-state index < -0.39 is 24.0 Å². The molecule has 1 aromatic heterocycles. The van der Waals surface area contributed by atoms with Crippen LogP contribution in [0.1, 0.15) is 53.5 Å². The third kappa shape index (κ3) is 6.32. The van der Waals surface area contributed by atoms with Crippen LogP contribution in [0.15, 0.2) is 42.5 Å². The van der Waals surface area contributed by atoms with Crippen molar-refractivity contribution in [2.75, 3.05) is 6.54 Å². The zero-order valence-electron chi connectivity index (χ0n) is 17.5. The van der Waals surface area contributed by atoms with E-state index in [1.807, 2.05) is 13.0 Å². The van der Waals surface area contributed by atoms with E-state index in [1.54, 1.807) is 36.4 Å². The van der Waals surface area contributed by atoms with Crippen LogP contribution in [-0.4, -0.2) is 35.5 Å². The average molecular weight is 453 g/mol. The molecule has 1 atom stereocenters. The highest BCUT2D eigenvalue weighted by molar-refractivity contribution is 7.12. The van der Waals surface area contributed by atoms with Gasteiger partial charge in [-0.25, -0.2) is 0 Å². The molecule has 1 unspecified atom stereocenters. The normalized spacial score (nSPS) is 16.0. The van der Waals surface area contributed by atoms with Crippen LogP contribution in [0.3, 0.4) is 0 Å². The Labute approximate surface area is 184 Å². The fraction of sp³-hybridized carbons (Fsp3) is 0.478. The molecule has 2 aromatic rings. The fourth-order valence-electron chi connectivity index (χ4n) is 3.96. The van der Waals surface area contributed by atoms with Crippen LogP contribution < -0.4 is 5.32 Å². The number of carbonyl (C=O) groups is 2. The number of hydrogen-bond acceptors (Lipinski definition) is 3. The van der Waals surface area contributed by atoms with Crippen LogP contribution in [0.25, 0.3) is 0 Å². The summed E-state index contributed by atoms with van der Waals surface area (Å²) in [5.74, 6) is -2.53. The maximum absolute atomic E-state index is 13.5. The predicted octanol–water partition coefficient (Wildman–Crippen LogP) is 5.18. The molecule has 1 aliphatic rings. The van der Waals surface area contributed by atoms with E-state index >= 15 is 0 Å². The molecule has 1 heterocycles. The molecule has 2 amide bonds. The first-order chi connectivity index (χ1) is 14.8. The highest BCUT2D eigenvalue weighted by Crippen LogP contribution is 2.32. The number of hydrogen-bond donors (Lipinski definition) is 1. The third-order valence-electron chi connectivity index (χ3n) is 5.53. The molecule has 0 saturated heterocycles. The summed E-state index contributed by atoms with van der Waals surface area (Å²) in [6.07, 6.45) is -0.180. The number of nitrogens with zero attached hydrogens (tertiary/aromatic N) is 1. The van der Waals surface area contributed by atoms with Gasteiger partial charge in [0.2, 0.25) is 5.91 Å². The highest BCUT2D eigenvalue weighted by atomic mass is 32.1. The van der Waals surface area contributed by atoms with E-state index in [9.17, 15) is 22.8 Å². The standard InChI is InChI=1S/C23H27F3N2O2S/c1-16-12-13-19(31-16)20(21(29)27-18-10-6-3-7-11-18)28(22(30)23(24,25)26)15-14-17-8-4-2-5-9-17/h2,4-5,8-9,12-13,18,20H,3,6-7,10-11,14-15H2,1H3,(H,27,29). The summed E-state index contributed by atoms with van der Waals surface area (Å²) < 4.78 is 40.5. The first-order valence-electron chi connectivity index (χ1n) is 10.5. The lowest BCUT2D eigenvalue weighted by molar-refractivity contribution is -0.188. The van der Waals surface area contributed by atoms with Crippen molar-refractivity contribution >= 4 is 23.2 Å². The lowest BCUT2D eigenvalue weighted by Crippen LogP contribution is -2.50. The van der Waals surface area contributed by atoms with Crippen molar-refractivity contribution in [1.29, 1.82) is 0 Å². The summed E-state index contributed by atoms with van der Waals surface area (Å²) in [6.45, 7) is 1.62. The maximum Gasteiger partial charge on any atom is 0.471 e. The van der Waals surface area contributed by atoms with Gasteiger partial charge in [-0.15, -0.1) is 11.3 Å². The van der Waals surface area contributed by atoms with Crippen LogP contribution in [0, 0.1) is 6.92 Å². The lowest BCUT2D eigenvalue weighted by atomic mass is 9.95. The van der Waals surface area contributed by atoms with Gasteiger partial charge in [0.1, 0.15) is 6.04 Å². The van der Waals surface area contributed by atoms with Gasteiger partial charge in [-0.05, 0) is 43.9 Å². The number of benzene rings is 1. The van der Waals surface area contributed by atoms with Gasteiger partial charge in [-0.3, -0.25) is 9.59 Å². The molecule has 4 nitrogen and oxygen atoms in total. The molecule has 3 rings (SSSR count). The summed E-state index contributed by atoms with van der Waals surface area (Å²) in [7, 11) is 0. The first kappa shape index (κ1) is 23.3. The first-order valence-corrected chi connectivity index (χ1v) is 11.4. The quantitative estimate of drug-likeness (QED) is 0.629. The summed E-state index contributed by atoms with van der Waals surface area (Å²) in [5, 5.41) is 2.92. The minimum atomic E-state index is -5.06. The molecule has 0 spiro atoms. The minimum Gasteiger partial charge on any atom is -0.351 e. The van der Waals surface area contributed by atoms with Crippen molar-refractivity contribution < 1.29 is 22.8 Å². The van der Waals surface area contributed by atoms with Gasteiger partial charge in [0.15, 0.2) is 0 Å². The van der Waals surface area contributed by atoms with Crippen molar-refractivity contribution in [3.05, 3.63) is 57.8 Å². The van der Waals surface area contributed by atoms with Gasteiger partial charge >= 0.3 is 12.1 Å². The molecule has 1 aliphatic carbocycles. The molecule has 1 aromatic carbocycles. The Hall–Kier alpha value is -2.35. The molecule has 8 heteroatoms. The number of carbonyl (C=O) groups excluding carboxylic acids is 2. The molecule has 31 heavy (non-hydrogen) atoms. The summed E-state index contributed by atoms with van der Waals surface area (Å²) in [4.78, 5) is 27.7. The smallest absolute Gasteiger partial charge is 0.351 e. The summed E-state index contributed by atoms with van der Waals surface area (Å²) >= 11 is 1.24. The van der Waals surface area contributed by atoms with Gasteiger partial charge in [-0.2, -0.15) is 13.2 Å². The molecular formula is C23H27F3N2O2S. The minimum absolute atomic E-state index is 0.0678. The molecular weight excluding hydrogens is 425 g/mol. The zero-order chi connectivity index (χ0) is 22.4. The van der Waals surface area contributed by atoms with Crippen LogP contribution in [0.2, 0.25) is 0 Å². The van der Waals surface area contributed by atoms with Crippen molar-refractivity contribution in [3.8, 4) is 0 Å². The molecule has 0 aliphatic heterocycles. The Morgan fingerprint density at radius 1 is 1.10 bits per heavy atom. The van der Waals surface area contributed by atoms with Gasteiger partial charge < -0.3 is 10.2 Å². The van der Waals surface area contributed by atoms with Crippen LogP contribution in [0.4, 0.5) is 13.2 Å². The highest BCUT2D eigenvalue weighted by Gasteiger charge is 2.47. The van der Waals surface area contributed by atoms with Crippen molar-refractivity contribution in [2.24, 2.45) is 0 Å². The second kappa shape index (κ2) is 10.3.